The molecule has 0 nitrogen and oxygen atoms in total. The van der Waals surface area contributed by atoms with Gasteiger partial charge in [0.25, 0.3) is 0 Å². The van der Waals surface area contributed by atoms with E-state index in [2.05, 4.69) is 22.0 Å². The first-order valence-corrected chi connectivity index (χ1v) is 6.17. The minimum absolute atomic E-state index is 0.461. The number of hydrogen-bond donors (Lipinski definition) is 0. The van der Waals surface area contributed by atoms with Crippen molar-refractivity contribution in [2.24, 2.45) is 0 Å². The van der Waals surface area contributed by atoms with Crippen LogP contribution in [0.1, 0.15) is 5.56 Å². The first-order valence-electron chi connectivity index (χ1n) is 3.65. The van der Waals surface area contributed by atoms with Gasteiger partial charge in [0.2, 0.25) is 0 Å². The van der Waals surface area contributed by atoms with E-state index in [0.29, 0.717) is 5.88 Å². The summed E-state index contributed by atoms with van der Waals surface area (Å²) in [4.78, 5) is 0. The molecule has 0 bridgehead atoms. The highest BCUT2D eigenvalue weighted by molar-refractivity contribution is 9.11. The van der Waals surface area contributed by atoms with Crippen LogP contribution < -0.4 is 0 Å². The predicted molar refractivity (Wildman–Crippen MR) is 64.1 cm³/mol. The number of hydrogen-bond acceptors (Lipinski definition) is 1. The van der Waals surface area contributed by atoms with Crippen LogP contribution in [0.5, 0.6) is 0 Å². The van der Waals surface area contributed by atoms with Crippen molar-refractivity contribution in [1.29, 1.82) is 0 Å². The van der Waals surface area contributed by atoms with Crippen molar-refractivity contribution in [2.45, 2.75) is 5.88 Å². The minimum Gasteiger partial charge on any atom is -0.128 e. The summed E-state index contributed by atoms with van der Waals surface area (Å²) in [6, 6.07) is 5.97. The first-order chi connectivity index (χ1) is 6.22. The molecule has 0 unspecified atom stereocenters. The van der Waals surface area contributed by atoms with Gasteiger partial charge >= 0.3 is 0 Å². The van der Waals surface area contributed by atoms with Crippen LogP contribution in [0, 0.1) is 0 Å². The third-order valence-electron chi connectivity index (χ3n) is 1.84. The molecule has 13 heavy (non-hydrogen) atoms. The Labute approximate surface area is 98.6 Å². The van der Waals surface area contributed by atoms with Crippen LogP contribution in [0.4, 0.5) is 0 Å². The van der Waals surface area contributed by atoms with Crippen LogP contribution in [0.25, 0.3) is 10.1 Å². The Balaban J connectivity index is 2.82. The fraction of sp³-hybridized carbons (Fsp3) is 0.111. The highest BCUT2D eigenvalue weighted by Gasteiger charge is 2.07. The summed E-state index contributed by atoms with van der Waals surface area (Å²) < 4.78 is 2.28. The molecule has 0 N–H and O–H groups in total. The van der Waals surface area contributed by atoms with Gasteiger partial charge in [-0.05, 0) is 33.4 Å². The molecule has 0 aliphatic rings. The fourth-order valence-corrected chi connectivity index (χ4v) is 3.60. The van der Waals surface area contributed by atoms with Crippen molar-refractivity contribution in [3.8, 4) is 0 Å². The van der Waals surface area contributed by atoms with E-state index < -0.39 is 0 Å². The van der Waals surface area contributed by atoms with Crippen LogP contribution in [0.15, 0.2) is 22.0 Å². The lowest BCUT2D eigenvalue weighted by Crippen LogP contribution is -1.79. The molecule has 0 saturated heterocycles. The predicted octanol–water partition coefficient (Wildman–Crippen LogP) is 5.06. The van der Waals surface area contributed by atoms with Crippen LogP contribution in [-0.2, 0) is 5.88 Å². The third-order valence-corrected chi connectivity index (χ3v) is 4.17. The number of thiophene rings is 1. The van der Waals surface area contributed by atoms with E-state index in [1.54, 1.807) is 11.3 Å². The van der Waals surface area contributed by atoms with Gasteiger partial charge in [-0.25, -0.2) is 0 Å². The molecule has 1 aromatic heterocycles. The summed E-state index contributed by atoms with van der Waals surface area (Å²) in [5.74, 6) is 0.461. The van der Waals surface area contributed by atoms with Crippen LogP contribution in [0.3, 0.4) is 0 Å². The molecule has 0 spiro atoms. The Morgan fingerprint density at radius 3 is 2.85 bits per heavy atom. The molecule has 0 amide bonds. The van der Waals surface area contributed by atoms with Crippen molar-refractivity contribution in [3.05, 3.63) is 32.6 Å². The molecule has 0 radical (unpaired) electrons. The van der Waals surface area contributed by atoms with Gasteiger partial charge in [0, 0.05) is 15.3 Å². The molecule has 2 rings (SSSR count). The smallest absolute Gasteiger partial charge is 0.0711 e. The summed E-state index contributed by atoms with van der Waals surface area (Å²) in [6.07, 6.45) is 0. The largest absolute Gasteiger partial charge is 0.128 e. The maximum atomic E-state index is 6.02. The number of halogens is 3. The second-order valence-electron chi connectivity index (χ2n) is 2.63. The second kappa shape index (κ2) is 3.77. The van der Waals surface area contributed by atoms with Gasteiger partial charge in [0.15, 0.2) is 0 Å². The number of rotatable bonds is 1. The molecule has 0 atom stereocenters. The van der Waals surface area contributed by atoms with E-state index >= 15 is 0 Å². The lowest BCUT2D eigenvalue weighted by atomic mass is 10.2. The van der Waals surface area contributed by atoms with Gasteiger partial charge in [0.05, 0.1) is 9.67 Å². The van der Waals surface area contributed by atoms with E-state index in [9.17, 15) is 0 Å². The molecule has 1 heterocycles. The highest BCUT2D eigenvalue weighted by atomic mass is 79.9. The molecular formula is C9H5BrCl2S. The summed E-state index contributed by atoms with van der Waals surface area (Å²) in [5.41, 5.74) is 1.02. The Morgan fingerprint density at radius 2 is 2.15 bits per heavy atom. The summed E-state index contributed by atoms with van der Waals surface area (Å²) in [5, 5.41) is 1.94. The average molecular weight is 296 g/mol. The van der Waals surface area contributed by atoms with Gasteiger partial charge < -0.3 is 0 Å². The molecule has 68 valence electrons. The van der Waals surface area contributed by atoms with Crippen molar-refractivity contribution in [3.63, 3.8) is 0 Å². The van der Waals surface area contributed by atoms with Crippen molar-refractivity contribution >= 4 is 60.6 Å². The number of alkyl halides is 1. The molecular weight excluding hydrogens is 291 g/mol. The Hall–Kier alpha value is 0.240. The van der Waals surface area contributed by atoms with Crippen LogP contribution in [0.2, 0.25) is 5.02 Å². The van der Waals surface area contributed by atoms with Crippen LogP contribution in [-0.4, -0.2) is 0 Å². The molecule has 0 aliphatic heterocycles. The maximum absolute atomic E-state index is 6.02. The second-order valence-corrected chi connectivity index (χ2v) is 5.73. The van der Waals surface area contributed by atoms with Crippen molar-refractivity contribution < 1.29 is 0 Å². The van der Waals surface area contributed by atoms with Crippen molar-refractivity contribution in [1.82, 2.24) is 0 Å². The topological polar surface area (TPSA) is 0 Å². The first kappa shape index (κ1) is 9.78. The van der Waals surface area contributed by atoms with Crippen LogP contribution >= 0.6 is 50.5 Å². The number of fused-ring (bicyclic) bond motifs is 1. The summed E-state index contributed by atoms with van der Waals surface area (Å²) in [6.45, 7) is 0. The third kappa shape index (κ3) is 1.73. The van der Waals surface area contributed by atoms with Crippen molar-refractivity contribution in [2.75, 3.05) is 0 Å². The highest BCUT2D eigenvalue weighted by Crippen LogP contribution is 2.36. The summed E-state index contributed by atoms with van der Waals surface area (Å²) >= 11 is 17.0. The SMILES string of the molecule is ClCc1c(Cl)ccc2cc(Br)sc12. The lowest BCUT2D eigenvalue weighted by Gasteiger charge is -2.00. The standard InChI is InChI=1S/C9H5BrCl2S/c10-8-3-5-1-2-7(12)6(4-11)9(5)13-8/h1-3H,4H2. The molecule has 0 saturated carbocycles. The molecule has 4 heteroatoms. The van der Waals surface area contributed by atoms with E-state index in [4.69, 9.17) is 23.2 Å². The van der Waals surface area contributed by atoms with E-state index in [1.807, 2.05) is 12.1 Å². The van der Waals surface area contributed by atoms with Gasteiger partial charge in [-0.15, -0.1) is 22.9 Å². The van der Waals surface area contributed by atoms with E-state index in [0.717, 1.165) is 14.4 Å². The Bertz CT molecular complexity index is 450. The lowest BCUT2D eigenvalue weighted by molar-refractivity contribution is 1.47. The normalized spacial score (nSPS) is 11.0. The quantitative estimate of drug-likeness (QED) is 0.645. The zero-order valence-electron chi connectivity index (χ0n) is 6.48. The molecule has 2 aromatic rings. The monoisotopic (exact) mass is 294 g/mol. The maximum Gasteiger partial charge on any atom is 0.0711 e. The Morgan fingerprint density at radius 1 is 1.38 bits per heavy atom. The molecule has 0 aliphatic carbocycles. The summed E-state index contributed by atoms with van der Waals surface area (Å²) in [7, 11) is 0. The zero-order valence-corrected chi connectivity index (χ0v) is 10.4. The average Bonchev–Trinajstić information content (AvgIpc) is 2.45. The van der Waals surface area contributed by atoms with E-state index in [1.165, 1.54) is 10.1 Å². The number of benzene rings is 1. The minimum atomic E-state index is 0.461. The molecule has 1 aromatic carbocycles. The fourth-order valence-electron chi connectivity index (χ4n) is 1.23. The van der Waals surface area contributed by atoms with Gasteiger partial charge in [0.1, 0.15) is 0 Å². The Kier molecular flexibility index (Phi) is 2.84. The van der Waals surface area contributed by atoms with Gasteiger partial charge in [-0.2, -0.15) is 0 Å². The zero-order chi connectivity index (χ0) is 9.42. The van der Waals surface area contributed by atoms with Gasteiger partial charge in [-0.3, -0.25) is 0 Å². The van der Waals surface area contributed by atoms with E-state index in [-0.39, 0.29) is 0 Å². The van der Waals surface area contributed by atoms with Gasteiger partial charge in [-0.1, -0.05) is 17.7 Å². The molecule has 0 fully saturated rings.